The molecule has 2 N–H and O–H groups in total. The van der Waals surface area contributed by atoms with E-state index in [4.69, 9.17) is 0 Å². The molecular formula is C19H26N4O3S. The third-order valence-corrected chi connectivity index (χ3v) is 6.10. The molecule has 0 aliphatic rings. The number of rotatable bonds is 9. The van der Waals surface area contributed by atoms with Crippen LogP contribution in [0, 0.1) is 0 Å². The Balaban J connectivity index is 2.07. The maximum absolute atomic E-state index is 12.5. The Morgan fingerprint density at radius 1 is 1.04 bits per heavy atom. The van der Waals surface area contributed by atoms with Crippen molar-refractivity contribution in [3.8, 4) is 0 Å². The summed E-state index contributed by atoms with van der Waals surface area (Å²) in [5.41, 5.74) is 0.948. The van der Waals surface area contributed by atoms with Crippen molar-refractivity contribution in [3.05, 3.63) is 48.2 Å². The lowest BCUT2D eigenvalue weighted by molar-refractivity contribution is 0.102. The Morgan fingerprint density at radius 3 is 2.22 bits per heavy atom. The number of nitrogens with zero attached hydrogens (tertiary/aromatic N) is 2. The van der Waals surface area contributed by atoms with Crippen molar-refractivity contribution in [1.29, 1.82) is 0 Å². The molecular weight excluding hydrogens is 364 g/mol. The fraction of sp³-hybridized carbons (Fsp3) is 0.368. The van der Waals surface area contributed by atoms with Gasteiger partial charge >= 0.3 is 0 Å². The number of carbonyl (C=O) groups is 1. The molecule has 2 aromatic rings. The number of aromatic nitrogens is 1. The molecule has 0 aliphatic carbocycles. The summed E-state index contributed by atoms with van der Waals surface area (Å²) in [6.07, 6.45) is 2.58. The van der Waals surface area contributed by atoms with Gasteiger partial charge in [-0.25, -0.2) is 13.4 Å². The SMILES string of the molecule is CCCNc1ccc(NC(=O)c2ccc(S(=O)(=O)N(CC)CC)cc2)cn1. The number of hydrogen-bond acceptors (Lipinski definition) is 5. The van der Waals surface area contributed by atoms with E-state index in [0.29, 0.717) is 24.3 Å². The highest BCUT2D eigenvalue weighted by molar-refractivity contribution is 7.89. The fourth-order valence-electron chi connectivity index (χ4n) is 2.52. The van der Waals surface area contributed by atoms with E-state index in [1.54, 1.807) is 32.2 Å². The Hall–Kier alpha value is -2.45. The van der Waals surface area contributed by atoms with E-state index in [1.807, 2.05) is 0 Å². The van der Waals surface area contributed by atoms with Gasteiger partial charge in [-0.2, -0.15) is 4.31 Å². The van der Waals surface area contributed by atoms with Crippen molar-refractivity contribution < 1.29 is 13.2 Å². The summed E-state index contributed by atoms with van der Waals surface area (Å²) in [5, 5.41) is 5.92. The summed E-state index contributed by atoms with van der Waals surface area (Å²) >= 11 is 0. The van der Waals surface area contributed by atoms with Crippen LogP contribution in [-0.4, -0.2) is 43.2 Å². The number of benzene rings is 1. The van der Waals surface area contributed by atoms with Gasteiger partial charge in [-0.15, -0.1) is 0 Å². The quantitative estimate of drug-likeness (QED) is 0.686. The number of carbonyl (C=O) groups excluding carboxylic acids is 1. The highest BCUT2D eigenvalue weighted by Gasteiger charge is 2.21. The zero-order valence-corrected chi connectivity index (χ0v) is 16.7. The molecule has 0 radical (unpaired) electrons. The Bertz CT molecular complexity index is 846. The zero-order valence-electron chi connectivity index (χ0n) is 15.9. The van der Waals surface area contributed by atoms with E-state index in [0.717, 1.165) is 18.8 Å². The van der Waals surface area contributed by atoms with Gasteiger partial charge in [0.15, 0.2) is 0 Å². The molecule has 2 rings (SSSR count). The summed E-state index contributed by atoms with van der Waals surface area (Å²) in [6.45, 7) is 7.29. The number of sulfonamides is 1. The largest absolute Gasteiger partial charge is 0.370 e. The average Bonchev–Trinajstić information content (AvgIpc) is 2.68. The van der Waals surface area contributed by atoms with Crippen LogP contribution in [0.15, 0.2) is 47.5 Å². The molecule has 0 spiro atoms. The first-order valence-corrected chi connectivity index (χ1v) is 10.5. The molecule has 0 unspecified atom stereocenters. The second-order valence-corrected chi connectivity index (χ2v) is 7.86. The minimum atomic E-state index is -3.53. The number of nitrogens with one attached hydrogen (secondary N) is 2. The van der Waals surface area contributed by atoms with Gasteiger partial charge in [0.2, 0.25) is 10.0 Å². The van der Waals surface area contributed by atoms with Crippen LogP contribution >= 0.6 is 0 Å². The number of amides is 1. The molecule has 0 saturated carbocycles. The molecule has 0 bridgehead atoms. The van der Waals surface area contributed by atoms with Crippen LogP contribution in [0.1, 0.15) is 37.6 Å². The molecule has 1 amide bonds. The van der Waals surface area contributed by atoms with Gasteiger partial charge in [-0.05, 0) is 42.8 Å². The summed E-state index contributed by atoms with van der Waals surface area (Å²) in [6, 6.07) is 9.50. The standard InChI is InChI=1S/C19H26N4O3S/c1-4-13-20-18-12-9-16(14-21-18)22-19(24)15-7-10-17(11-8-15)27(25,26)23(5-2)6-3/h7-12,14H,4-6,13H2,1-3H3,(H,20,21)(H,22,24). The molecule has 0 aliphatic heterocycles. The van der Waals surface area contributed by atoms with Gasteiger partial charge in [0.1, 0.15) is 5.82 Å². The molecule has 0 atom stereocenters. The molecule has 0 saturated heterocycles. The Labute approximate surface area is 160 Å². The van der Waals surface area contributed by atoms with Gasteiger partial charge in [0.05, 0.1) is 16.8 Å². The predicted molar refractivity (Wildman–Crippen MR) is 108 cm³/mol. The van der Waals surface area contributed by atoms with Crippen molar-refractivity contribution in [3.63, 3.8) is 0 Å². The van der Waals surface area contributed by atoms with Crippen molar-refractivity contribution in [1.82, 2.24) is 9.29 Å². The Morgan fingerprint density at radius 2 is 1.70 bits per heavy atom. The predicted octanol–water partition coefficient (Wildman–Crippen LogP) is 3.19. The Kier molecular flexibility index (Phi) is 7.32. The van der Waals surface area contributed by atoms with E-state index < -0.39 is 10.0 Å². The highest BCUT2D eigenvalue weighted by atomic mass is 32.2. The van der Waals surface area contributed by atoms with Gasteiger partial charge in [0.25, 0.3) is 5.91 Å². The van der Waals surface area contributed by atoms with E-state index >= 15 is 0 Å². The molecule has 1 heterocycles. The summed E-state index contributed by atoms with van der Waals surface area (Å²) in [4.78, 5) is 16.8. The number of pyridine rings is 1. The van der Waals surface area contributed by atoms with Crippen LogP contribution in [0.3, 0.4) is 0 Å². The number of hydrogen-bond donors (Lipinski definition) is 2. The lowest BCUT2D eigenvalue weighted by Crippen LogP contribution is -2.30. The van der Waals surface area contributed by atoms with Gasteiger partial charge in [-0.1, -0.05) is 20.8 Å². The molecule has 1 aromatic heterocycles. The normalized spacial score (nSPS) is 11.4. The topological polar surface area (TPSA) is 91.4 Å². The van der Waals surface area contributed by atoms with Crippen molar-refractivity contribution in [2.75, 3.05) is 30.3 Å². The smallest absolute Gasteiger partial charge is 0.255 e. The van der Waals surface area contributed by atoms with Gasteiger partial charge in [0, 0.05) is 25.2 Å². The van der Waals surface area contributed by atoms with Crippen molar-refractivity contribution in [2.45, 2.75) is 32.1 Å². The average molecular weight is 391 g/mol. The van der Waals surface area contributed by atoms with Gasteiger partial charge < -0.3 is 10.6 Å². The summed E-state index contributed by atoms with van der Waals surface area (Å²) in [7, 11) is -3.53. The van der Waals surface area contributed by atoms with Crippen LogP contribution in [-0.2, 0) is 10.0 Å². The van der Waals surface area contributed by atoms with E-state index in [1.165, 1.54) is 28.6 Å². The van der Waals surface area contributed by atoms with Crippen LogP contribution < -0.4 is 10.6 Å². The first-order chi connectivity index (χ1) is 12.9. The highest BCUT2D eigenvalue weighted by Crippen LogP contribution is 2.17. The van der Waals surface area contributed by atoms with E-state index in [9.17, 15) is 13.2 Å². The molecule has 7 nitrogen and oxygen atoms in total. The van der Waals surface area contributed by atoms with Gasteiger partial charge in [-0.3, -0.25) is 4.79 Å². The minimum absolute atomic E-state index is 0.177. The zero-order chi connectivity index (χ0) is 19.9. The van der Waals surface area contributed by atoms with Crippen molar-refractivity contribution in [2.24, 2.45) is 0 Å². The second-order valence-electron chi connectivity index (χ2n) is 5.93. The first-order valence-electron chi connectivity index (χ1n) is 9.03. The maximum atomic E-state index is 12.5. The van der Waals surface area contributed by atoms with E-state index in [2.05, 4.69) is 22.5 Å². The number of anilines is 2. The molecule has 27 heavy (non-hydrogen) atoms. The second kappa shape index (κ2) is 9.48. The molecule has 8 heteroatoms. The fourth-order valence-corrected chi connectivity index (χ4v) is 3.98. The molecule has 146 valence electrons. The monoisotopic (exact) mass is 390 g/mol. The van der Waals surface area contributed by atoms with Crippen molar-refractivity contribution >= 4 is 27.4 Å². The maximum Gasteiger partial charge on any atom is 0.255 e. The summed E-state index contributed by atoms with van der Waals surface area (Å²) in [5.74, 6) is 0.429. The summed E-state index contributed by atoms with van der Waals surface area (Å²) < 4.78 is 26.3. The minimum Gasteiger partial charge on any atom is -0.370 e. The van der Waals surface area contributed by atoms with Crippen LogP contribution in [0.4, 0.5) is 11.5 Å². The lowest BCUT2D eigenvalue weighted by Gasteiger charge is -2.18. The third kappa shape index (κ3) is 5.27. The third-order valence-electron chi connectivity index (χ3n) is 4.04. The first kappa shape index (κ1) is 20.9. The molecule has 1 aromatic carbocycles. The molecule has 0 fully saturated rings. The van der Waals surface area contributed by atoms with Crippen LogP contribution in [0.2, 0.25) is 0 Å². The van der Waals surface area contributed by atoms with E-state index in [-0.39, 0.29) is 10.8 Å². The lowest BCUT2D eigenvalue weighted by atomic mass is 10.2. The van der Waals surface area contributed by atoms with Crippen LogP contribution in [0.5, 0.6) is 0 Å². The van der Waals surface area contributed by atoms with Crippen LogP contribution in [0.25, 0.3) is 0 Å².